The summed E-state index contributed by atoms with van der Waals surface area (Å²) in [5.41, 5.74) is 0. The van der Waals surface area contributed by atoms with Crippen LogP contribution in [-0.2, 0) is 0 Å². The van der Waals surface area contributed by atoms with Gasteiger partial charge in [-0.05, 0) is 37.4 Å². The van der Waals surface area contributed by atoms with Gasteiger partial charge in [-0.1, -0.05) is 6.07 Å². The van der Waals surface area contributed by atoms with Crippen molar-refractivity contribution in [1.29, 1.82) is 0 Å². The Bertz CT molecular complexity index is 254. The van der Waals surface area contributed by atoms with E-state index in [2.05, 4.69) is 22.4 Å². The molecular weight excluding hydrogens is 194 g/mol. The van der Waals surface area contributed by atoms with E-state index in [9.17, 15) is 5.11 Å². The van der Waals surface area contributed by atoms with Crippen LogP contribution in [0.1, 0.15) is 23.6 Å². The van der Waals surface area contributed by atoms with Crippen LogP contribution in [0.4, 0.5) is 0 Å². The lowest BCUT2D eigenvalue weighted by molar-refractivity contribution is 0.222. The van der Waals surface area contributed by atoms with Gasteiger partial charge in [0.25, 0.3) is 0 Å². The Morgan fingerprint density at radius 3 is 2.79 bits per heavy atom. The van der Waals surface area contributed by atoms with Gasteiger partial charge in [0.2, 0.25) is 0 Å². The molecule has 1 aliphatic heterocycles. The number of rotatable bonds is 4. The number of hydrogen-bond donors (Lipinski definition) is 1. The van der Waals surface area contributed by atoms with Crippen LogP contribution in [0.15, 0.2) is 17.5 Å². The highest BCUT2D eigenvalue weighted by Gasteiger charge is 2.18. The van der Waals surface area contributed by atoms with Crippen LogP contribution in [0.3, 0.4) is 0 Å². The van der Waals surface area contributed by atoms with Crippen molar-refractivity contribution in [2.45, 2.75) is 18.8 Å². The first-order valence-corrected chi connectivity index (χ1v) is 6.14. The average Bonchev–Trinajstić information content (AvgIpc) is 2.86. The topological polar surface area (TPSA) is 23.5 Å². The maximum absolute atomic E-state index is 9.34. The van der Waals surface area contributed by atoms with Crippen molar-refractivity contribution >= 4 is 11.3 Å². The number of nitrogens with zero attached hydrogens (tertiary/aromatic N) is 1. The highest BCUT2D eigenvalue weighted by molar-refractivity contribution is 7.10. The SMILES string of the molecule is OCC(CN1CCCC1)c1cccs1. The molecule has 0 aliphatic carbocycles. The highest BCUT2D eigenvalue weighted by Crippen LogP contribution is 2.23. The molecule has 0 aromatic carbocycles. The van der Waals surface area contributed by atoms with Gasteiger partial charge in [0.15, 0.2) is 0 Å². The maximum Gasteiger partial charge on any atom is 0.0520 e. The van der Waals surface area contributed by atoms with Crippen LogP contribution < -0.4 is 0 Å². The van der Waals surface area contributed by atoms with Crippen molar-refractivity contribution in [3.05, 3.63) is 22.4 Å². The summed E-state index contributed by atoms with van der Waals surface area (Å²) in [6.07, 6.45) is 2.64. The molecule has 1 unspecified atom stereocenters. The predicted molar refractivity (Wildman–Crippen MR) is 59.8 cm³/mol. The normalized spacial score (nSPS) is 20.1. The lowest BCUT2D eigenvalue weighted by Gasteiger charge is -2.20. The molecule has 1 aliphatic rings. The maximum atomic E-state index is 9.34. The molecule has 2 rings (SSSR count). The van der Waals surface area contributed by atoms with Crippen molar-refractivity contribution in [2.75, 3.05) is 26.2 Å². The lowest BCUT2D eigenvalue weighted by Crippen LogP contribution is -2.26. The van der Waals surface area contributed by atoms with E-state index in [-0.39, 0.29) is 6.61 Å². The minimum Gasteiger partial charge on any atom is -0.396 e. The number of hydrogen-bond acceptors (Lipinski definition) is 3. The number of thiophene rings is 1. The third-order valence-corrected chi connectivity index (χ3v) is 3.88. The van der Waals surface area contributed by atoms with E-state index in [0.717, 1.165) is 6.54 Å². The highest BCUT2D eigenvalue weighted by atomic mass is 32.1. The molecule has 1 aromatic heterocycles. The monoisotopic (exact) mass is 211 g/mol. The van der Waals surface area contributed by atoms with Gasteiger partial charge in [0, 0.05) is 17.3 Å². The first-order valence-electron chi connectivity index (χ1n) is 5.27. The number of likely N-dealkylation sites (tertiary alicyclic amines) is 1. The first kappa shape index (κ1) is 10.1. The van der Waals surface area contributed by atoms with Crippen molar-refractivity contribution < 1.29 is 5.11 Å². The van der Waals surface area contributed by atoms with E-state index in [4.69, 9.17) is 0 Å². The summed E-state index contributed by atoms with van der Waals surface area (Å²) in [5, 5.41) is 11.4. The molecule has 2 heterocycles. The minimum atomic E-state index is 0.275. The van der Waals surface area contributed by atoms with Gasteiger partial charge in [-0.3, -0.25) is 0 Å². The molecule has 1 atom stereocenters. The largest absolute Gasteiger partial charge is 0.396 e. The van der Waals surface area contributed by atoms with Crippen LogP contribution in [0.5, 0.6) is 0 Å². The molecule has 1 fully saturated rings. The first-order chi connectivity index (χ1) is 6.90. The second-order valence-electron chi connectivity index (χ2n) is 3.90. The average molecular weight is 211 g/mol. The van der Waals surface area contributed by atoms with Crippen molar-refractivity contribution in [3.63, 3.8) is 0 Å². The standard InChI is InChI=1S/C11H17NOS/c13-9-10(11-4-3-7-14-11)8-12-5-1-2-6-12/h3-4,7,10,13H,1-2,5-6,8-9H2. The Labute approximate surface area is 89.2 Å². The van der Waals surface area contributed by atoms with Crippen LogP contribution in [0.25, 0.3) is 0 Å². The van der Waals surface area contributed by atoms with Crippen LogP contribution >= 0.6 is 11.3 Å². The van der Waals surface area contributed by atoms with Gasteiger partial charge in [0.1, 0.15) is 0 Å². The zero-order valence-corrected chi connectivity index (χ0v) is 9.17. The third-order valence-electron chi connectivity index (χ3n) is 2.84. The number of aliphatic hydroxyl groups excluding tert-OH is 1. The van der Waals surface area contributed by atoms with E-state index in [1.54, 1.807) is 11.3 Å². The molecule has 0 radical (unpaired) electrons. The van der Waals surface area contributed by atoms with Gasteiger partial charge in [-0.2, -0.15) is 0 Å². The van der Waals surface area contributed by atoms with Gasteiger partial charge < -0.3 is 10.0 Å². The molecular formula is C11H17NOS. The molecule has 0 bridgehead atoms. The summed E-state index contributed by atoms with van der Waals surface area (Å²) in [4.78, 5) is 3.78. The van der Waals surface area contributed by atoms with Crippen LogP contribution in [0, 0.1) is 0 Å². The van der Waals surface area contributed by atoms with E-state index in [0.29, 0.717) is 5.92 Å². The van der Waals surface area contributed by atoms with Crippen LogP contribution in [0.2, 0.25) is 0 Å². The summed E-state index contributed by atoms with van der Waals surface area (Å²) in [5.74, 6) is 0.327. The van der Waals surface area contributed by atoms with Gasteiger partial charge in [0.05, 0.1) is 6.61 Å². The Hall–Kier alpha value is -0.380. The minimum absolute atomic E-state index is 0.275. The molecule has 0 saturated carbocycles. The zero-order chi connectivity index (χ0) is 9.80. The fourth-order valence-corrected chi connectivity index (χ4v) is 2.85. The van der Waals surface area contributed by atoms with Gasteiger partial charge in [-0.25, -0.2) is 0 Å². The molecule has 1 saturated heterocycles. The van der Waals surface area contributed by atoms with E-state index in [1.807, 2.05) is 0 Å². The lowest BCUT2D eigenvalue weighted by atomic mass is 10.1. The molecule has 0 amide bonds. The number of aliphatic hydroxyl groups is 1. The molecule has 3 heteroatoms. The zero-order valence-electron chi connectivity index (χ0n) is 8.35. The predicted octanol–water partition coefficient (Wildman–Crippen LogP) is 1.92. The fraction of sp³-hybridized carbons (Fsp3) is 0.636. The quantitative estimate of drug-likeness (QED) is 0.822. The van der Waals surface area contributed by atoms with E-state index >= 15 is 0 Å². The van der Waals surface area contributed by atoms with Crippen molar-refractivity contribution in [1.82, 2.24) is 4.90 Å². The molecule has 0 spiro atoms. The van der Waals surface area contributed by atoms with E-state index in [1.165, 1.54) is 30.8 Å². The van der Waals surface area contributed by atoms with Crippen molar-refractivity contribution in [3.8, 4) is 0 Å². The summed E-state index contributed by atoms with van der Waals surface area (Å²) < 4.78 is 0. The van der Waals surface area contributed by atoms with Crippen LogP contribution in [-0.4, -0.2) is 36.2 Å². The molecule has 2 nitrogen and oxygen atoms in total. The van der Waals surface area contributed by atoms with Gasteiger partial charge >= 0.3 is 0 Å². The Morgan fingerprint density at radius 1 is 1.43 bits per heavy atom. The Balaban J connectivity index is 1.93. The molecule has 14 heavy (non-hydrogen) atoms. The summed E-state index contributed by atoms with van der Waals surface area (Å²) >= 11 is 1.75. The molecule has 1 N–H and O–H groups in total. The van der Waals surface area contributed by atoms with Gasteiger partial charge in [-0.15, -0.1) is 11.3 Å². The Morgan fingerprint density at radius 2 is 2.21 bits per heavy atom. The summed E-state index contributed by atoms with van der Waals surface area (Å²) in [6.45, 7) is 3.72. The Kier molecular flexibility index (Phi) is 3.56. The second-order valence-corrected chi connectivity index (χ2v) is 4.88. The third kappa shape index (κ3) is 2.35. The van der Waals surface area contributed by atoms with E-state index < -0.39 is 0 Å². The molecule has 1 aromatic rings. The van der Waals surface area contributed by atoms with Crippen molar-refractivity contribution in [2.24, 2.45) is 0 Å². The fourth-order valence-electron chi connectivity index (χ4n) is 2.04. The summed E-state index contributed by atoms with van der Waals surface area (Å²) in [6, 6.07) is 4.19. The second kappa shape index (κ2) is 4.91. The molecule has 78 valence electrons. The summed E-state index contributed by atoms with van der Waals surface area (Å²) in [7, 11) is 0. The smallest absolute Gasteiger partial charge is 0.0520 e.